The summed E-state index contributed by atoms with van der Waals surface area (Å²) in [5.41, 5.74) is 2.52. The Hall–Kier alpha value is -3.59. The van der Waals surface area contributed by atoms with Crippen LogP contribution in [-0.2, 0) is 16.1 Å². The van der Waals surface area contributed by atoms with Gasteiger partial charge in [0.15, 0.2) is 5.76 Å². The van der Waals surface area contributed by atoms with Gasteiger partial charge in [-0.25, -0.2) is 9.59 Å². The van der Waals surface area contributed by atoms with Gasteiger partial charge in [0.2, 0.25) is 0 Å². The van der Waals surface area contributed by atoms with Crippen LogP contribution in [0.4, 0.5) is 5.00 Å². The van der Waals surface area contributed by atoms with Crippen LogP contribution in [0.2, 0.25) is 0 Å². The van der Waals surface area contributed by atoms with E-state index in [4.69, 9.17) is 18.6 Å². The summed E-state index contributed by atoms with van der Waals surface area (Å²) in [7, 11) is 2.46. The summed E-state index contributed by atoms with van der Waals surface area (Å²) in [6.07, 6.45) is 0. The van der Waals surface area contributed by atoms with E-state index in [1.807, 2.05) is 32.0 Å². The number of carbonyl (C=O) groups is 3. The van der Waals surface area contributed by atoms with Crippen molar-refractivity contribution in [2.45, 2.75) is 27.4 Å². The number of rotatable bonds is 7. The smallest absolute Gasteiger partial charge is 0.348 e. The number of furan rings is 1. The fourth-order valence-corrected chi connectivity index (χ4v) is 4.10. The molecule has 2 aromatic heterocycles. The van der Waals surface area contributed by atoms with Crippen LogP contribution < -0.4 is 10.1 Å². The predicted octanol–water partition coefficient (Wildman–Crippen LogP) is 4.67. The highest BCUT2D eigenvalue weighted by atomic mass is 32.1. The zero-order valence-corrected chi connectivity index (χ0v) is 19.2. The average Bonchev–Trinajstić information content (AvgIpc) is 3.38. The summed E-state index contributed by atoms with van der Waals surface area (Å²) in [5, 5.41) is 2.79. The molecule has 0 aliphatic carbocycles. The van der Waals surface area contributed by atoms with E-state index in [1.54, 1.807) is 13.0 Å². The molecule has 0 aliphatic heterocycles. The summed E-state index contributed by atoms with van der Waals surface area (Å²) in [6.45, 7) is 5.65. The van der Waals surface area contributed by atoms with Gasteiger partial charge in [0.1, 0.15) is 28.0 Å². The Kier molecular flexibility index (Phi) is 6.99. The van der Waals surface area contributed by atoms with Gasteiger partial charge in [-0.2, -0.15) is 0 Å². The molecule has 168 valence electrons. The molecular weight excluding hydrogens is 434 g/mol. The van der Waals surface area contributed by atoms with Crippen molar-refractivity contribution in [3.05, 3.63) is 69.0 Å². The molecule has 1 aromatic carbocycles. The van der Waals surface area contributed by atoms with Crippen LogP contribution in [0.15, 0.2) is 34.7 Å². The normalized spacial score (nSPS) is 10.5. The van der Waals surface area contributed by atoms with Crippen LogP contribution >= 0.6 is 11.3 Å². The molecule has 0 saturated carbocycles. The number of thiophene rings is 1. The number of carbonyl (C=O) groups excluding carboxylic acids is 3. The summed E-state index contributed by atoms with van der Waals surface area (Å²) < 4.78 is 20.9. The molecule has 2 heterocycles. The van der Waals surface area contributed by atoms with E-state index >= 15 is 0 Å². The van der Waals surface area contributed by atoms with Crippen molar-refractivity contribution >= 4 is 34.2 Å². The highest BCUT2D eigenvalue weighted by Crippen LogP contribution is 2.34. The van der Waals surface area contributed by atoms with Gasteiger partial charge < -0.3 is 23.9 Å². The molecule has 8 nitrogen and oxygen atoms in total. The Labute approximate surface area is 189 Å². The highest BCUT2D eigenvalue weighted by Gasteiger charge is 2.27. The lowest BCUT2D eigenvalue weighted by molar-refractivity contribution is 0.0601. The van der Waals surface area contributed by atoms with Gasteiger partial charge >= 0.3 is 11.9 Å². The first-order chi connectivity index (χ1) is 15.2. The molecule has 3 rings (SSSR count). The third kappa shape index (κ3) is 4.83. The van der Waals surface area contributed by atoms with E-state index in [2.05, 4.69) is 5.32 Å². The van der Waals surface area contributed by atoms with Crippen LogP contribution in [0.5, 0.6) is 5.75 Å². The fraction of sp³-hybridized carbons (Fsp3) is 0.261. The molecule has 9 heteroatoms. The van der Waals surface area contributed by atoms with Crippen molar-refractivity contribution in [3.63, 3.8) is 0 Å². The Morgan fingerprint density at radius 1 is 1.00 bits per heavy atom. The second kappa shape index (κ2) is 9.69. The Bertz CT molecular complexity index is 1180. The van der Waals surface area contributed by atoms with Crippen LogP contribution in [0.3, 0.4) is 0 Å². The van der Waals surface area contributed by atoms with E-state index in [0.29, 0.717) is 11.3 Å². The van der Waals surface area contributed by atoms with Crippen molar-refractivity contribution in [1.82, 2.24) is 0 Å². The van der Waals surface area contributed by atoms with E-state index in [0.717, 1.165) is 28.2 Å². The molecule has 0 spiro atoms. The molecule has 1 N–H and O–H groups in total. The summed E-state index contributed by atoms with van der Waals surface area (Å²) >= 11 is 0.929. The molecule has 3 aromatic rings. The standard InChI is InChI=1S/C23H23NO7S/c1-12-6-7-13(2)17(10-12)30-11-15-8-9-16(31-15)20(25)24-21-18(22(26)28-4)14(3)19(32-21)23(27)29-5/h6-10H,11H2,1-5H3,(H,24,25). The molecule has 1 amide bonds. The first-order valence-electron chi connectivity index (χ1n) is 9.65. The molecule has 0 aliphatic rings. The quantitative estimate of drug-likeness (QED) is 0.514. The minimum atomic E-state index is -0.675. The minimum Gasteiger partial charge on any atom is -0.485 e. The topological polar surface area (TPSA) is 104 Å². The Balaban J connectivity index is 1.77. The predicted molar refractivity (Wildman–Crippen MR) is 119 cm³/mol. The van der Waals surface area contributed by atoms with Gasteiger partial charge in [0.05, 0.1) is 19.8 Å². The molecule has 0 atom stereocenters. The van der Waals surface area contributed by atoms with E-state index in [1.165, 1.54) is 20.3 Å². The number of hydrogen-bond donors (Lipinski definition) is 1. The summed E-state index contributed by atoms with van der Waals surface area (Å²) in [4.78, 5) is 37.1. The number of ether oxygens (including phenoxy) is 3. The van der Waals surface area contributed by atoms with E-state index < -0.39 is 17.8 Å². The summed E-state index contributed by atoms with van der Waals surface area (Å²) in [5.74, 6) is -0.633. The van der Waals surface area contributed by atoms with Gasteiger partial charge in [-0.15, -0.1) is 11.3 Å². The van der Waals surface area contributed by atoms with Crippen LogP contribution in [0, 0.1) is 20.8 Å². The number of benzene rings is 1. The van der Waals surface area contributed by atoms with Gasteiger partial charge in [0, 0.05) is 0 Å². The van der Waals surface area contributed by atoms with Crippen molar-refractivity contribution in [2.24, 2.45) is 0 Å². The molecule has 0 fully saturated rings. The molecular formula is C23H23NO7S. The number of hydrogen-bond acceptors (Lipinski definition) is 8. The minimum absolute atomic E-state index is 0.0334. The molecule has 0 saturated heterocycles. The Morgan fingerprint density at radius 2 is 1.72 bits per heavy atom. The number of esters is 2. The number of amides is 1. The van der Waals surface area contributed by atoms with Crippen molar-refractivity contribution in [1.29, 1.82) is 0 Å². The molecule has 32 heavy (non-hydrogen) atoms. The first kappa shape index (κ1) is 23.1. The Morgan fingerprint density at radius 3 is 2.41 bits per heavy atom. The maximum atomic E-state index is 12.7. The second-order valence-corrected chi connectivity index (χ2v) is 8.04. The maximum Gasteiger partial charge on any atom is 0.348 e. The number of nitrogens with one attached hydrogen (secondary N) is 1. The number of aryl methyl sites for hydroxylation is 2. The lowest BCUT2D eigenvalue weighted by Crippen LogP contribution is -2.13. The van der Waals surface area contributed by atoms with Crippen LogP contribution in [-0.4, -0.2) is 32.1 Å². The fourth-order valence-electron chi connectivity index (χ4n) is 2.99. The van der Waals surface area contributed by atoms with Crippen molar-refractivity contribution in [2.75, 3.05) is 19.5 Å². The maximum absolute atomic E-state index is 12.7. The van der Waals surface area contributed by atoms with Gasteiger partial charge in [-0.05, 0) is 55.7 Å². The zero-order chi connectivity index (χ0) is 23.4. The lowest BCUT2D eigenvalue weighted by Gasteiger charge is -2.08. The third-order valence-electron chi connectivity index (χ3n) is 4.73. The van der Waals surface area contributed by atoms with Gasteiger partial charge in [-0.1, -0.05) is 12.1 Å². The largest absolute Gasteiger partial charge is 0.485 e. The first-order valence-corrected chi connectivity index (χ1v) is 10.5. The monoisotopic (exact) mass is 457 g/mol. The number of anilines is 1. The average molecular weight is 458 g/mol. The highest BCUT2D eigenvalue weighted by molar-refractivity contribution is 7.18. The number of methoxy groups -OCH3 is 2. The SMILES string of the molecule is COC(=O)c1sc(NC(=O)c2ccc(COc3cc(C)ccc3C)o2)c(C(=O)OC)c1C. The summed E-state index contributed by atoms with van der Waals surface area (Å²) in [6, 6.07) is 9.05. The molecule has 0 radical (unpaired) electrons. The second-order valence-electron chi connectivity index (χ2n) is 7.02. The van der Waals surface area contributed by atoms with E-state index in [-0.39, 0.29) is 27.8 Å². The molecule has 0 bridgehead atoms. The molecule has 0 unspecified atom stereocenters. The van der Waals surface area contributed by atoms with Gasteiger partial charge in [-0.3, -0.25) is 4.79 Å². The third-order valence-corrected chi connectivity index (χ3v) is 5.92. The van der Waals surface area contributed by atoms with E-state index in [9.17, 15) is 14.4 Å². The van der Waals surface area contributed by atoms with Crippen LogP contribution in [0.25, 0.3) is 0 Å². The zero-order valence-electron chi connectivity index (χ0n) is 18.4. The van der Waals surface area contributed by atoms with Crippen molar-refractivity contribution < 1.29 is 33.0 Å². The van der Waals surface area contributed by atoms with Crippen molar-refractivity contribution in [3.8, 4) is 5.75 Å². The van der Waals surface area contributed by atoms with Crippen LogP contribution in [0.1, 0.15) is 53.0 Å². The lowest BCUT2D eigenvalue weighted by atomic mass is 10.1. The van der Waals surface area contributed by atoms with Gasteiger partial charge in [0.25, 0.3) is 5.91 Å².